The van der Waals surface area contributed by atoms with E-state index < -0.39 is 0 Å². The first-order valence-electron chi connectivity index (χ1n) is 7.63. The Morgan fingerprint density at radius 1 is 1.28 bits per heavy atom. The molecule has 0 spiro atoms. The van der Waals surface area contributed by atoms with E-state index in [1.54, 1.807) is 42.6 Å². The van der Waals surface area contributed by atoms with Crippen LogP contribution in [0.2, 0.25) is 0 Å². The van der Waals surface area contributed by atoms with Crippen LogP contribution >= 0.6 is 11.3 Å². The minimum Gasteiger partial charge on any atom is -0.355 e. The number of carbonyl (C=O) groups excluding carboxylic acids is 2. The van der Waals surface area contributed by atoms with Crippen molar-refractivity contribution in [1.82, 2.24) is 15.5 Å². The van der Waals surface area contributed by atoms with Crippen LogP contribution in [0.15, 0.2) is 45.6 Å². The van der Waals surface area contributed by atoms with Gasteiger partial charge < -0.3 is 15.2 Å². The first kappa shape index (κ1) is 16.8. The molecule has 0 aliphatic heterocycles. The Bertz CT molecular complexity index is 874. The van der Waals surface area contributed by atoms with E-state index in [9.17, 15) is 9.59 Å². The van der Waals surface area contributed by atoms with E-state index in [1.807, 2.05) is 16.8 Å². The summed E-state index contributed by atoms with van der Waals surface area (Å²) in [6, 6.07) is 8.65. The average molecular weight is 356 g/mol. The number of aromatic nitrogens is 2. The summed E-state index contributed by atoms with van der Waals surface area (Å²) in [5.41, 5.74) is 1.95. The van der Waals surface area contributed by atoms with Gasteiger partial charge in [0.2, 0.25) is 17.6 Å². The summed E-state index contributed by atoms with van der Waals surface area (Å²) in [5, 5.41) is 13.1. The lowest BCUT2D eigenvalue weighted by atomic mass is 10.2. The third-order valence-corrected chi connectivity index (χ3v) is 4.13. The third-order valence-electron chi connectivity index (χ3n) is 3.45. The average Bonchev–Trinajstić information content (AvgIpc) is 3.30. The fourth-order valence-electron chi connectivity index (χ4n) is 2.19. The van der Waals surface area contributed by atoms with E-state index >= 15 is 0 Å². The number of hydrogen-bond donors (Lipinski definition) is 2. The lowest BCUT2D eigenvalue weighted by Gasteiger charge is -2.06. The van der Waals surface area contributed by atoms with Crippen LogP contribution in [0.25, 0.3) is 11.4 Å². The molecule has 7 nitrogen and oxygen atoms in total. The lowest BCUT2D eigenvalue weighted by Crippen LogP contribution is -2.18. The molecule has 0 fully saturated rings. The molecule has 1 aromatic carbocycles. The number of benzene rings is 1. The van der Waals surface area contributed by atoms with E-state index in [4.69, 9.17) is 4.52 Å². The number of thiophene rings is 1. The molecule has 0 saturated carbocycles. The fourth-order valence-corrected chi connectivity index (χ4v) is 2.83. The van der Waals surface area contributed by atoms with Crippen molar-refractivity contribution in [1.29, 1.82) is 0 Å². The molecule has 25 heavy (non-hydrogen) atoms. The Morgan fingerprint density at radius 2 is 2.16 bits per heavy atom. The lowest BCUT2D eigenvalue weighted by molar-refractivity contribution is -0.116. The molecule has 3 rings (SSSR count). The van der Waals surface area contributed by atoms with Crippen LogP contribution in [-0.2, 0) is 11.2 Å². The van der Waals surface area contributed by atoms with E-state index in [0.717, 1.165) is 5.56 Å². The van der Waals surface area contributed by atoms with Crippen molar-refractivity contribution < 1.29 is 14.1 Å². The van der Waals surface area contributed by atoms with Gasteiger partial charge in [-0.3, -0.25) is 9.59 Å². The van der Waals surface area contributed by atoms with Crippen LogP contribution in [-0.4, -0.2) is 29.0 Å². The highest BCUT2D eigenvalue weighted by Crippen LogP contribution is 2.19. The predicted octanol–water partition coefficient (Wildman–Crippen LogP) is 2.73. The molecule has 0 atom stereocenters. The van der Waals surface area contributed by atoms with E-state index in [0.29, 0.717) is 29.4 Å². The molecule has 128 valence electrons. The zero-order valence-corrected chi connectivity index (χ0v) is 14.3. The van der Waals surface area contributed by atoms with Crippen LogP contribution in [0.1, 0.15) is 22.7 Å². The molecular weight excluding hydrogens is 340 g/mol. The van der Waals surface area contributed by atoms with E-state index in [2.05, 4.69) is 20.8 Å². The number of amides is 2. The standard InChI is InChI=1S/C17H16N4O3S/c1-18-17(23)11-3-2-4-13(9-11)19-14(22)5-6-15-20-16(21-24-15)12-7-8-25-10-12/h2-4,7-10H,5-6H2,1H3,(H,18,23)(H,19,22). The number of aryl methyl sites for hydroxylation is 1. The first-order chi connectivity index (χ1) is 12.2. The van der Waals surface area contributed by atoms with Gasteiger partial charge in [0.15, 0.2) is 0 Å². The zero-order valence-electron chi connectivity index (χ0n) is 13.5. The molecule has 0 aliphatic rings. The summed E-state index contributed by atoms with van der Waals surface area (Å²) in [6.45, 7) is 0. The number of nitrogens with one attached hydrogen (secondary N) is 2. The highest BCUT2D eigenvalue weighted by atomic mass is 32.1. The summed E-state index contributed by atoms with van der Waals surface area (Å²) in [6.07, 6.45) is 0.549. The molecule has 0 unspecified atom stereocenters. The van der Waals surface area contributed by atoms with Crippen LogP contribution in [0.3, 0.4) is 0 Å². The monoisotopic (exact) mass is 356 g/mol. The fraction of sp³-hybridized carbons (Fsp3) is 0.176. The molecule has 3 aromatic rings. The topological polar surface area (TPSA) is 97.1 Å². The molecular formula is C17H16N4O3S. The number of hydrogen-bond acceptors (Lipinski definition) is 6. The molecule has 2 N–H and O–H groups in total. The van der Waals surface area contributed by atoms with Crippen molar-refractivity contribution >= 4 is 28.8 Å². The van der Waals surface area contributed by atoms with Crippen molar-refractivity contribution in [2.24, 2.45) is 0 Å². The van der Waals surface area contributed by atoms with Gasteiger partial charge in [-0.15, -0.1) is 0 Å². The minimum atomic E-state index is -0.206. The SMILES string of the molecule is CNC(=O)c1cccc(NC(=O)CCc2nc(-c3ccsc3)no2)c1. The summed E-state index contributed by atoms with van der Waals surface area (Å²) in [4.78, 5) is 28.0. The van der Waals surface area contributed by atoms with Crippen LogP contribution in [0.5, 0.6) is 0 Å². The Labute approximate surface area is 148 Å². The molecule has 8 heteroatoms. The largest absolute Gasteiger partial charge is 0.355 e. The van der Waals surface area contributed by atoms with Gasteiger partial charge in [0, 0.05) is 42.1 Å². The number of nitrogens with zero attached hydrogens (tertiary/aromatic N) is 2. The van der Waals surface area contributed by atoms with Gasteiger partial charge in [-0.05, 0) is 29.6 Å². The molecule has 0 radical (unpaired) electrons. The van der Waals surface area contributed by atoms with Gasteiger partial charge in [-0.25, -0.2) is 0 Å². The molecule has 2 aromatic heterocycles. The second-order valence-corrected chi connectivity index (χ2v) is 6.01. The van der Waals surface area contributed by atoms with Gasteiger partial charge in [0.1, 0.15) is 0 Å². The van der Waals surface area contributed by atoms with Crippen molar-refractivity contribution in [3.05, 3.63) is 52.5 Å². The normalized spacial score (nSPS) is 10.4. The number of carbonyl (C=O) groups is 2. The van der Waals surface area contributed by atoms with Crippen LogP contribution in [0, 0.1) is 0 Å². The van der Waals surface area contributed by atoms with Gasteiger partial charge in [-0.2, -0.15) is 16.3 Å². The van der Waals surface area contributed by atoms with Gasteiger partial charge >= 0.3 is 0 Å². The van der Waals surface area contributed by atoms with Crippen LogP contribution < -0.4 is 10.6 Å². The van der Waals surface area contributed by atoms with Crippen LogP contribution in [0.4, 0.5) is 5.69 Å². The van der Waals surface area contributed by atoms with Gasteiger partial charge in [0.05, 0.1) is 0 Å². The smallest absolute Gasteiger partial charge is 0.251 e. The maximum Gasteiger partial charge on any atom is 0.251 e. The Morgan fingerprint density at radius 3 is 2.92 bits per heavy atom. The van der Waals surface area contributed by atoms with Crippen molar-refractivity contribution in [2.75, 3.05) is 12.4 Å². The van der Waals surface area contributed by atoms with Crippen molar-refractivity contribution in [3.63, 3.8) is 0 Å². The Kier molecular flexibility index (Phi) is 5.20. The number of anilines is 1. The molecule has 0 bridgehead atoms. The Hall–Kier alpha value is -3.00. The summed E-state index contributed by atoms with van der Waals surface area (Å²) < 4.78 is 5.16. The van der Waals surface area contributed by atoms with E-state index in [-0.39, 0.29) is 18.2 Å². The minimum absolute atomic E-state index is 0.190. The molecule has 2 heterocycles. The predicted molar refractivity (Wildman–Crippen MR) is 94.4 cm³/mol. The maximum atomic E-state index is 12.1. The maximum absolute atomic E-state index is 12.1. The second-order valence-electron chi connectivity index (χ2n) is 5.23. The van der Waals surface area contributed by atoms with Gasteiger partial charge in [0.25, 0.3) is 5.91 Å². The molecule has 0 saturated heterocycles. The molecule has 0 aliphatic carbocycles. The van der Waals surface area contributed by atoms with E-state index in [1.165, 1.54) is 0 Å². The summed E-state index contributed by atoms with van der Waals surface area (Å²) >= 11 is 1.55. The first-order valence-corrected chi connectivity index (χ1v) is 8.57. The van der Waals surface area contributed by atoms with Crippen molar-refractivity contribution in [3.8, 4) is 11.4 Å². The summed E-state index contributed by atoms with van der Waals surface area (Å²) in [5.74, 6) is 0.539. The highest BCUT2D eigenvalue weighted by molar-refractivity contribution is 7.08. The third kappa shape index (κ3) is 4.30. The second kappa shape index (κ2) is 7.71. The quantitative estimate of drug-likeness (QED) is 0.708. The van der Waals surface area contributed by atoms with Gasteiger partial charge in [-0.1, -0.05) is 11.2 Å². The summed E-state index contributed by atoms with van der Waals surface area (Å²) in [7, 11) is 1.56. The zero-order chi connectivity index (χ0) is 17.6. The number of rotatable bonds is 6. The Balaban J connectivity index is 1.56. The molecule has 2 amide bonds. The highest BCUT2D eigenvalue weighted by Gasteiger charge is 2.11. The van der Waals surface area contributed by atoms with Crippen molar-refractivity contribution in [2.45, 2.75) is 12.8 Å².